The summed E-state index contributed by atoms with van der Waals surface area (Å²) in [5, 5.41) is 0. The van der Waals surface area contributed by atoms with Gasteiger partial charge in [-0.15, -0.1) is 0 Å². The van der Waals surface area contributed by atoms with Gasteiger partial charge in [0.25, 0.3) is 0 Å². The fraction of sp³-hybridized carbons (Fsp3) is 0.429. The lowest BCUT2D eigenvalue weighted by Gasteiger charge is -2.11. The van der Waals surface area contributed by atoms with E-state index in [0.29, 0.717) is 0 Å². The van der Waals surface area contributed by atoms with E-state index in [-0.39, 0.29) is 29.4 Å². The van der Waals surface area contributed by atoms with Gasteiger partial charge < -0.3 is 21.9 Å². The largest absolute Gasteiger partial charge is 0.473 e. The molecule has 0 aliphatic heterocycles. The van der Waals surface area contributed by atoms with E-state index in [1.165, 1.54) is 0 Å². The van der Waals surface area contributed by atoms with Gasteiger partial charge in [-0.25, -0.2) is 0 Å². The molecule has 1 aromatic rings. The topological polar surface area (TPSA) is 113 Å². The van der Waals surface area contributed by atoms with Crippen molar-refractivity contribution in [3.05, 3.63) is 0 Å². The van der Waals surface area contributed by atoms with Gasteiger partial charge in [0.1, 0.15) is 5.69 Å². The molecule has 1 heterocycles. The zero-order valence-electron chi connectivity index (χ0n) is 7.61. The van der Waals surface area contributed by atoms with Gasteiger partial charge in [0, 0.05) is 0 Å². The second-order valence-corrected chi connectivity index (χ2v) is 2.85. The van der Waals surface area contributed by atoms with Gasteiger partial charge in [0.15, 0.2) is 5.82 Å². The van der Waals surface area contributed by atoms with Gasteiger partial charge in [-0.1, -0.05) is 0 Å². The molecular weight excluding hydrogens is 170 g/mol. The van der Waals surface area contributed by atoms with Gasteiger partial charge in [-0.05, 0) is 13.8 Å². The molecule has 0 fully saturated rings. The predicted octanol–water partition coefficient (Wildman–Crippen LogP) is 0.0104. The Balaban J connectivity index is 3.05. The lowest BCUT2D eigenvalue weighted by Crippen LogP contribution is -2.12. The maximum atomic E-state index is 5.57. The first-order valence-corrected chi connectivity index (χ1v) is 3.85. The van der Waals surface area contributed by atoms with Gasteiger partial charge in [0.05, 0.1) is 6.10 Å². The molecule has 0 unspecified atom stereocenters. The zero-order chi connectivity index (χ0) is 10.0. The molecule has 0 saturated carbocycles. The van der Waals surface area contributed by atoms with Crippen LogP contribution in [0.25, 0.3) is 0 Å². The molecule has 6 N–H and O–H groups in total. The van der Waals surface area contributed by atoms with Gasteiger partial charge >= 0.3 is 0 Å². The summed E-state index contributed by atoms with van der Waals surface area (Å²) in [6.45, 7) is 3.71. The summed E-state index contributed by atoms with van der Waals surface area (Å²) in [7, 11) is 0. The summed E-state index contributed by atoms with van der Waals surface area (Å²) in [5.74, 6) is 0.436. The van der Waals surface area contributed by atoms with Crippen LogP contribution < -0.4 is 21.9 Å². The molecule has 0 aliphatic carbocycles. The van der Waals surface area contributed by atoms with E-state index in [1.807, 2.05) is 13.8 Å². The number of nitrogens with zero attached hydrogens (tertiary/aromatic N) is 2. The van der Waals surface area contributed by atoms with Crippen LogP contribution in [0.2, 0.25) is 0 Å². The zero-order valence-corrected chi connectivity index (χ0v) is 7.61. The minimum atomic E-state index is -0.0315. The molecule has 0 saturated heterocycles. The molecule has 1 rings (SSSR count). The van der Waals surface area contributed by atoms with Crippen molar-refractivity contribution in [1.82, 2.24) is 9.97 Å². The molecule has 6 heteroatoms. The highest BCUT2D eigenvalue weighted by molar-refractivity contribution is 5.65. The van der Waals surface area contributed by atoms with Crippen molar-refractivity contribution in [3.63, 3.8) is 0 Å². The molecule has 0 aromatic carbocycles. The van der Waals surface area contributed by atoms with Crippen LogP contribution in [0, 0.1) is 0 Å². The minimum absolute atomic E-state index is 0.0315. The lowest BCUT2D eigenvalue weighted by atomic mass is 10.4. The van der Waals surface area contributed by atoms with Gasteiger partial charge in [-0.2, -0.15) is 9.97 Å². The molecule has 13 heavy (non-hydrogen) atoms. The summed E-state index contributed by atoms with van der Waals surface area (Å²) >= 11 is 0. The Morgan fingerprint density at radius 3 is 2.31 bits per heavy atom. The van der Waals surface area contributed by atoms with E-state index < -0.39 is 0 Å². The maximum absolute atomic E-state index is 5.57. The van der Waals surface area contributed by atoms with E-state index >= 15 is 0 Å². The highest BCUT2D eigenvalue weighted by atomic mass is 16.5. The third kappa shape index (κ3) is 2.11. The molecule has 6 nitrogen and oxygen atoms in total. The summed E-state index contributed by atoms with van der Waals surface area (Å²) in [6.07, 6.45) is -0.0315. The normalized spacial score (nSPS) is 10.4. The number of ether oxygens (including phenoxy) is 1. The van der Waals surface area contributed by atoms with Crippen LogP contribution in [-0.2, 0) is 0 Å². The monoisotopic (exact) mass is 183 g/mol. The van der Waals surface area contributed by atoms with Crippen molar-refractivity contribution in [2.24, 2.45) is 0 Å². The van der Waals surface area contributed by atoms with E-state index in [0.717, 1.165) is 0 Å². The van der Waals surface area contributed by atoms with Crippen molar-refractivity contribution in [2.45, 2.75) is 20.0 Å². The minimum Gasteiger partial charge on any atom is -0.473 e. The molecule has 1 aromatic heterocycles. The first-order chi connectivity index (χ1) is 6.00. The maximum Gasteiger partial charge on any atom is 0.244 e. The number of hydrogen-bond donors (Lipinski definition) is 3. The fourth-order valence-corrected chi connectivity index (χ4v) is 0.796. The number of rotatable bonds is 2. The Morgan fingerprint density at radius 2 is 1.77 bits per heavy atom. The average molecular weight is 183 g/mol. The Morgan fingerprint density at radius 1 is 1.15 bits per heavy atom. The van der Waals surface area contributed by atoms with Crippen molar-refractivity contribution >= 4 is 17.5 Å². The Labute approximate surface area is 76.1 Å². The highest BCUT2D eigenvalue weighted by Gasteiger charge is 2.10. The predicted molar refractivity (Wildman–Crippen MR) is 51.0 cm³/mol. The Kier molecular flexibility index (Phi) is 2.41. The third-order valence-electron chi connectivity index (χ3n) is 1.30. The number of anilines is 3. The van der Waals surface area contributed by atoms with Crippen molar-refractivity contribution in [1.29, 1.82) is 0 Å². The number of nitrogen functional groups attached to an aromatic ring is 3. The molecule has 0 atom stereocenters. The van der Waals surface area contributed by atoms with E-state index in [2.05, 4.69) is 9.97 Å². The Bertz CT molecular complexity index is 312. The first kappa shape index (κ1) is 9.37. The van der Waals surface area contributed by atoms with Crippen LogP contribution in [-0.4, -0.2) is 16.1 Å². The number of nitrogens with two attached hydrogens (primary N) is 3. The van der Waals surface area contributed by atoms with Crippen LogP contribution in [0.1, 0.15) is 13.8 Å². The first-order valence-electron chi connectivity index (χ1n) is 3.85. The number of aromatic nitrogens is 2. The molecule has 0 aliphatic rings. The van der Waals surface area contributed by atoms with E-state index in [9.17, 15) is 0 Å². The van der Waals surface area contributed by atoms with Crippen LogP contribution >= 0.6 is 0 Å². The van der Waals surface area contributed by atoms with Gasteiger partial charge in [0.2, 0.25) is 11.8 Å². The second-order valence-electron chi connectivity index (χ2n) is 2.85. The van der Waals surface area contributed by atoms with Crippen molar-refractivity contribution in [3.8, 4) is 5.88 Å². The summed E-state index contributed by atoms with van der Waals surface area (Å²) in [5.41, 5.74) is 16.6. The van der Waals surface area contributed by atoms with E-state index in [4.69, 9.17) is 21.9 Å². The van der Waals surface area contributed by atoms with Crippen LogP contribution in [0.3, 0.4) is 0 Å². The van der Waals surface area contributed by atoms with Crippen LogP contribution in [0.5, 0.6) is 5.88 Å². The van der Waals surface area contributed by atoms with Gasteiger partial charge in [-0.3, -0.25) is 0 Å². The Hall–Kier alpha value is -1.72. The molecular formula is C7H13N5O. The standard InChI is InChI=1S/C7H13N5O/c1-3(2)13-6-4(8)5(9)11-7(10)12-6/h3H,8H2,1-2H3,(H4,9,10,11,12). The summed E-state index contributed by atoms with van der Waals surface area (Å²) in [6, 6.07) is 0. The van der Waals surface area contributed by atoms with Crippen LogP contribution in [0.15, 0.2) is 0 Å². The number of hydrogen-bond acceptors (Lipinski definition) is 6. The molecule has 0 bridgehead atoms. The second kappa shape index (κ2) is 3.34. The van der Waals surface area contributed by atoms with E-state index in [1.54, 1.807) is 0 Å². The van der Waals surface area contributed by atoms with Crippen molar-refractivity contribution < 1.29 is 4.74 Å². The highest BCUT2D eigenvalue weighted by Crippen LogP contribution is 2.24. The van der Waals surface area contributed by atoms with Crippen LogP contribution in [0.4, 0.5) is 17.5 Å². The smallest absolute Gasteiger partial charge is 0.244 e. The molecule has 72 valence electrons. The SMILES string of the molecule is CC(C)Oc1nc(N)nc(N)c1N. The molecule has 0 radical (unpaired) electrons. The molecule has 0 spiro atoms. The third-order valence-corrected chi connectivity index (χ3v) is 1.30. The fourth-order valence-electron chi connectivity index (χ4n) is 0.796. The van der Waals surface area contributed by atoms with Crippen molar-refractivity contribution in [2.75, 3.05) is 17.2 Å². The molecule has 0 amide bonds. The average Bonchev–Trinajstić information content (AvgIpc) is 1.98. The summed E-state index contributed by atoms with van der Waals surface area (Å²) < 4.78 is 5.27. The quantitative estimate of drug-likeness (QED) is 0.595. The lowest BCUT2D eigenvalue weighted by molar-refractivity contribution is 0.234. The summed E-state index contributed by atoms with van der Waals surface area (Å²) in [4.78, 5) is 7.49.